The van der Waals surface area contributed by atoms with Gasteiger partial charge in [0.1, 0.15) is 11.5 Å². The van der Waals surface area contributed by atoms with Crippen molar-refractivity contribution in [2.24, 2.45) is 0 Å². The zero-order chi connectivity index (χ0) is 12.3. The zero-order valence-electron chi connectivity index (χ0n) is 9.96. The quantitative estimate of drug-likeness (QED) is 0.747. The van der Waals surface area contributed by atoms with Crippen LogP contribution in [-0.2, 0) is 9.53 Å². The van der Waals surface area contributed by atoms with E-state index in [0.717, 1.165) is 11.5 Å². The average molecular weight is 233 g/mol. The molecule has 5 nitrogen and oxygen atoms in total. The van der Waals surface area contributed by atoms with Gasteiger partial charge in [0.25, 0.3) is 0 Å². The first kappa shape index (κ1) is 11.4. The van der Waals surface area contributed by atoms with Crippen molar-refractivity contribution < 1.29 is 9.53 Å². The molecule has 2 aromatic rings. The number of ether oxygens (including phenoxy) is 1. The molecule has 0 N–H and O–H groups in total. The lowest BCUT2D eigenvalue weighted by atomic mass is 10.3. The highest BCUT2D eigenvalue weighted by molar-refractivity contribution is 5.70. The monoisotopic (exact) mass is 233 g/mol. The van der Waals surface area contributed by atoms with Gasteiger partial charge < -0.3 is 9.64 Å². The molecule has 0 amide bonds. The molecule has 0 aliphatic rings. The number of aromatic nitrogens is 2. The molecule has 0 spiro atoms. The van der Waals surface area contributed by atoms with Gasteiger partial charge in [-0.15, -0.1) is 0 Å². The van der Waals surface area contributed by atoms with Crippen molar-refractivity contribution in [3.8, 4) is 0 Å². The van der Waals surface area contributed by atoms with Gasteiger partial charge in [0, 0.05) is 26.0 Å². The van der Waals surface area contributed by atoms with Gasteiger partial charge in [-0.3, -0.25) is 9.20 Å². The minimum Gasteiger partial charge on any atom is -0.469 e. The molecule has 2 heterocycles. The van der Waals surface area contributed by atoms with Crippen molar-refractivity contribution in [2.45, 2.75) is 6.42 Å². The predicted octanol–water partition coefficient (Wildman–Crippen LogP) is 1.33. The molecule has 0 aliphatic heterocycles. The summed E-state index contributed by atoms with van der Waals surface area (Å²) in [6.45, 7) is 0.615. The molecule has 0 aliphatic carbocycles. The normalized spacial score (nSPS) is 10.5. The first-order valence-electron chi connectivity index (χ1n) is 5.42. The third kappa shape index (κ3) is 2.38. The number of carbonyl (C=O) groups excluding carboxylic acids is 1. The van der Waals surface area contributed by atoms with Crippen LogP contribution in [0.5, 0.6) is 0 Å². The molecule has 0 radical (unpaired) electrons. The summed E-state index contributed by atoms with van der Waals surface area (Å²) >= 11 is 0. The van der Waals surface area contributed by atoms with E-state index in [1.54, 1.807) is 6.20 Å². The minimum absolute atomic E-state index is 0.199. The van der Waals surface area contributed by atoms with E-state index in [-0.39, 0.29) is 5.97 Å². The van der Waals surface area contributed by atoms with Crippen LogP contribution in [0.15, 0.2) is 30.6 Å². The molecule has 2 rings (SSSR count). The first-order valence-corrected chi connectivity index (χ1v) is 5.42. The van der Waals surface area contributed by atoms with Gasteiger partial charge in [0.2, 0.25) is 0 Å². The maximum absolute atomic E-state index is 11.1. The summed E-state index contributed by atoms with van der Waals surface area (Å²) in [5.74, 6) is 0.804. The van der Waals surface area contributed by atoms with Crippen molar-refractivity contribution in [1.29, 1.82) is 0 Å². The number of esters is 1. The molecule has 0 saturated heterocycles. The Balaban J connectivity index is 2.15. The van der Waals surface area contributed by atoms with Crippen molar-refractivity contribution in [3.05, 3.63) is 30.6 Å². The molecule has 0 unspecified atom stereocenters. The van der Waals surface area contributed by atoms with Crippen LogP contribution in [0.2, 0.25) is 0 Å². The molecule has 0 bridgehead atoms. The van der Waals surface area contributed by atoms with Gasteiger partial charge in [-0.05, 0) is 12.1 Å². The lowest BCUT2D eigenvalue weighted by molar-refractivity contribution is -0.140. The van der Waals surface area contributed by atoms with E-state index >= 15 is 0 Å². The van der Waals surface area contributed by atoms with E-state index in [1.807, 2.05) is 40.7 Å². The SMILES string of the molecule is COC(=O)CCN(C)c1cccc2nccn12. The summed E-state index contributed by atoms with van der Waals surface area (Å²) in [4.78, 5) is 17.3. The maximum atomic E-state index is 11.1. The lowest BCUT2D eigenvalue weighted by Crippen LogP contribution is -2.23. The van der Waals surface area contributed by atoms with Crippen LogP contribution in [0.1, 0.15) is 6.42 Å². The third-order valence-electron chi connectivity index (χ3n) is 2.68. The molecule has 0 fully saturated rings. The molecule has 90 valence electrons. The fraction of sp³-hybridized carbons (Fsp3) is 0.333. The highest BCUT2D eigenvalue weighted by atomic mass is 16.5. The Morgan fingerprint density at radius 1 is 1.53 bits per heavy atom. The van der Waals surface area contributed by atoms with E-state index in [1.165, 1.54) is 7.11 Å². The Labute approximate surface area is 99.6 Å². The third-order valence-corrected chi connectivity index (χ3v) is 2.68. The van der Waals surface area contributed by atoms with Crippen molar-refractivity contribution >= 4 is 17.4 Å². The van der Waals surface area contributed by atoms with Crippen LogP contribution in [0.4, 0.5) is 5.82 Å². The second kappa shape index (κ2) is 4.86. The van der Waals surface area contributed by atoms with Crippen LogP contribution in [0, 0.1) is 0 Å². The highest BCUT2D eigenvalue weighted by Crippen LogP contribution is 2.15. The smallest absolute Gasteiger partial charge is 0.307 e. The van der Waals surface area contributed by atoms with Crippen molar-refractivity contribution in [2.75, 3.05) is 25.6 Å². The van der Waals surface area contributed by atoms with Crippen LogP contribution < -0.4 is 4.90 Å². The van der Waals surface area contributed by atoms with Crippen molar-refractivity contribution in [3.63, 3.8) is 0 Å². The topological polar surface area (TPSA) is 46.8 Å². The number of nitrogens with zero attached hydrogens (tertiary/aromatic N) is 3. The molecular weight excluding hydrogens is 218 g/mol. The molecule has 17 heavy (non-hydrogen) atoms. The average Bonchev–Trinajstić information content (AvgIpc) is 2.83. The highest BCUT2D eigenvalue weighted by Gasteiger charge is 2.08. The summed E-state index contributed by atoms with van der Waals surface area (Å²) in [5, 5.41) is 0. The van der Waals surface area contributed by atoms with Crippen LogP contribution in [0.3, 0.4) is 0 Å². The van der Waals surface area contributed by atoms with Gasteiger partial charge in [0.15, 0.2) is 0 Å². The van der Waals surface area contributed by atoms with Crippen LogP contribution in [-0.4, -0.2) is 36.1 Å². The van der Waals surface area contributed by atoms with E-state index in [9.17, 15) is 4.79 Å². The minimum atomic E-state index is -0.199. The van der Waals surface area contributed by atoms with Crippen molar-refractivity contribution in [1.82, 2.24) is 9.38 Å². The Morgan fingerprint density at radius 3 is 3.12 bits per heavy atom. The van der Waals surface area contributed by atoms with E-state index in [2.05, 4.69) is 9.72 Å². The Morgan fingerprint density at radius 2 is 2.35 bits per heavy atom. The Kier molecular flexibility index (Phi) is 3.27. The Hall–Kier alpha value is -2.04. The number of fused-ring (bicyclic) bond motifs is 1. The van der Waals surface area contributed by atoms with Gasteiger partial charge in [0.05, 0.1) is 13.5 Å². The summed E-state index contributed by atoms with van der Waals surface area (Å²) in [5.41, 5.74) is 0.896. The molecule has 0 atom stereocenters. The van der Waals surface area contributed by atoms with Gasteiger partial charge in [-0.2, -0.15) is 0 Å². The standard InChI is InChI=1S/C12H15N3O2/c1-14(8-6-12(16)17-2)11-5-3-4-10-13-7-9-15(10)11/h3-5,7,9H,6,8H2,1-2H3. The number of hydrogen-bond acceptors (Lipinski definition) is 4. The molecular formula is C12H15N3O2. The second-order valence-corrected chi connectivity index (χ2v) is 3.79. The van der Waals surface area contributed by atoms with Crippen LogP contribution >= 0.6 is 0 Å². The summed E-state index contributed by atoms with van der Waals surface area (Å²) < 4.78 is 6.61. The summed E-state index contributed by atoms with van der Waals surface area (Å²) in [6.07, 6.45) is 4.03. The number of pyridine rings is 1. The number of methoxy groups -OCH3 is 1. The first-order chi connectivity index (χ1) is 8.22. The number of anilines is 1. The molecule has 2 aromatic heterocycles. The fourth-order valence-corrected chi connectivity index (χ4v) is 1.72. The van der Waals surface area contributed by atoms with Gasteiger partial charge in [-0.25, -0.2) is 4.98 Å². The maximum Gasteiger partial charge on any atom is 0.307 e. The largest absolute Gasteiger partial charge is 0.469 e. The van der Waals surface area contributed by atoms with E-state index in [4.69, 9.17) is 0 Å². The summed E-state index contributed by atoms with van der Waals surface area (Å²) in [6, 6.07) is 5.88. The fourth-order valence-electron chi connectivity index (χ4n) is 1.72. The van der Waals surface area contributed by atoms with Gasteiger partial charge >= 0.3 is 5.97 Å². The summed E-state index contributed by atoms with van der Waals surface area (Å²) in [7, 11) is 3.34. The zero-order valence-corrected chi connectivity index (χ0v) is 9.96. The second-order valence-electron chi connectivity index (χ2n) is 3.79. The molecule has 0 saturated carbocycles. The van der Waals surface area contributed by atoms with E-state index in [0.29, 0.717) is 13.0 Å². The Bertz CT molecular complexity index is 521. The van der Waals surface area contributed by atoms with Crippen LogP contribution in [0.25, 0.3) is 5.65 Å². The van der Waals surface area contributed by atoms with Gasteiger partial charge in [-0.1, -0.05) is 6.07 Å². The molecule has 0 aromatic carbocycles. The number of rotatable bonds is 4. The lowest BCUT2D eigenvalue weighted by Gasteiger charge is -2.19. The molecule has 5 heteroatoms. The number of imidazole rings is 1. The predicted molar refractivity (Wildman–Crippen MR) is 65.1 cm³/mol. The number of hydrogen-bond donors (Lipinski definition) is 0. The number of carbonyl (C=O) groups is 1. The van der Waals surface area contributed by atoms with E-state index < -0.39 is 0 Å².